The van der Waals surface area contributed by atoms with Crippen LogP contribution in [-0.2, 0) is 0 Å². The number of nitrogens with zero attached hydrogens (tertiary/aromatic N) is 3. The SMILES string of the molecule is CCC(c1nc2ccccc2c(=O)n1-c1cccc(C)c1)N(CC)C(=O)Nc1cccc(C)c1. The van der Waals surface area contributed by atoms with E-state index in [0.717, 1.165) is 22.5 Å². The van der Waals surface area contributed by atoms with Crippen molar-refractivity contribution in [1.29, 1.82) is 0 Å². The number of hydrogen-bond donors (Lipinski definition) is 1. The Hall–Kier alpha value is -3.93. The van der Waals surface area contributed by atoms with Crippen molar-refractivity contribution in [3.8, 4) is 5.69 Å². The Labute approximate surface area is 199 Å². The molecule has 0 bridgehead atoms. The summed E-state index contributed by atoms with van der Waals surface area (Å²) < 4.78 is 1.66. The van der Waals surface area contributed by atoms with E-state index in [0.29, 0.717) is 29.7 Å². The van der Waals surface area contributed by atoms with Crippen molar-refractivity contribution in [1.82, 2.24) is 14.5 Å². The van der Waals surface area contributed by atoms with E-state index in [4.69, 9.17) is 4.98 Å². The molecule has 174 valence electrons. The number of aryl methyl sites for hydroxylation is 2. The summed E-state index contributed by atoms with van der Waals surface area (Å²) in [7, 11) is 0. The number of carbonyl (C=O) groups is 1. The van der Waals surface area contributed by atoms with E-state index in [9.17, 15) is 9.59 Å². The van der Waals surface area contributed by atoms with Gasteiger partial charge in [0.15, 0.2) is 0 Å². The Bertz CT molecular complexity index is 1390. The maximum absolute atomic E-state index is 13.7. The second kappa shape index (κ2) is 9.91. The van der Waals surface area contributed by atoms with E-state index in [2.05, 4.69) is 5.32 Å². The van der Waals surface area contributed by atoms with Crippen molar-refractivity contribution in [2.45, 2.75) is 40.2 Å². The lowest BCUT2D eigenvalue weighted by molar-refractivity contribution is 0.185. The minimum Gasteiger partial charge on any atom is -0.315 e. The number of carbonyl (C=O) groups excluding carboxylic acids is 1. The van der Waals surface area contributed by atoms with Crippen molar-refractivity contribution >= 4 is 22.6 Å². The standard InChI is InChI=1S/C28H30N4O2/c1-5-25(31(6-2)28(34)29-21-13-9-11-19(3)17-21)26-30-24-16-8-7-15-23(24)27(33)32(26)22-14-10-12-20(4)18-22/h7-18,25H,5-6H2,1-4H3,(H,29,34). The predicted molar refractivity (Wildman–Crippen MR) is 138 cm³/mol. The molecule has 1 aromatic heterocycles. The molecular formula is C28H30N4O2. The van der Waals surface area contributed by atoms with Gasteiger partial charge in [-0.15, -0.1) is 0 Å². The van der Waals surface area contributed by atoms with Crippen LogP contribution >= 0.6 is 0 Å². The summed E-state index contributed by atoms with van der Waals surface area (Å²) in [5.41, 5.74) is 4.07. The number of amides is 2. The molecule has 6 heteroatoms. The van der Waals surface area contributed by atoms with Crippen molar-refractivity contribution < 1.29 is 4.79 Å². The topological polar surface area (TPSA) is 67.2 Å². The average Bonchev–Trinajstić information content (AvgIpc) is 2.82. The Balaban J connectivity index is 1.86. The summed E-state index contributed by atoms with van der Waals surface area (Å²) in [4.78, 5) is 33.7. The first kappa shape index (κ1) is 23.2. The Morgan fingerprint density at radius 3 is 2.35 bits per heavy atom. The molecule has 4 aromatic rings. The smallest absolute Gasteiger partial charge is 0.315 e. The molecule has 3 aromatic carbocycles. The van der Waals surface area contributed by atoms with Gasteiger partial charge in [-0.2, -0.15) is 0 Å². The summed E-state index contributed by atoms with van der Waals surface area (Å²) >= 11 is 0. The van der Waals surface area contributed by atoms with Crippen LogP contribution in [0, 0.1) is 13.8 Å². The molecular weight excluding hydrogens is 424 g/mol. The van der Waals surface area contributed by atoms with Crippen LogP contribution in [0.15, 0.2) is 77.6 Å². The van der Waals surface area contributed by atoms with Gasteiger partial charge in [-0.3, -0.25) is 9.36 Å². The first-order valence-electron chi connectivity index (χ1n) is 11.7. The van der Waals surface area contributed by atoms with Crippen LogP contribution in [0.2, 0.25) is 0 Å². The van der Waals surface area contributed by atoms with E-state index in [1.807, 2.05) is 94.4 Å². The Morgan fingerprint density at radius 1 is 0.971 bits per heavy atom. The maximum Gasteiger partial charge on any atom is 0.322 e. The zero-order valence-corrected chi connectivity index (χ0v) is 20.1. The molecule has 0 saturated heterocycles. The molecule has 1 atom stereocenters. The molecule has 0 spiro atoms. The summed E-state index contributed by atoms with van der Waals surface area (Å²) in [5.74, 6) is 0.554. The third-order valence-corrected chi connectivity index (χ3v) is 5.99. The third-order valence-electron chi connectivity index (χ3n) is 5.99. The highest BCUT2D eigenvalue weighted by Gasteiger charge is 2.28. The fourth-order valence-electron chi connectivity index (χ4n) is 4.36. The van der Waals surface area contributed by atoms with Gasteiger partial charge in [0.05, 0.1) is 22.6 Å². The minimum absolute atomic E-state index is 0.139. The number of aromatic nitrogens is 2. The molecule has 0 saturated carbocycles. The van der Waals surface area contributed by atoms with Crippen molar-refractivity contribution in [3.63, 3.8) is 0 Å². The highest BCUT2D eigenvalue weighted by atomic mass is 16.2. The lowest BCUT2D eigenvalue weighted by Gasteiger charge is -2.31. The van der Waals surface area contributed by atoms with Crippen LogP contribution in [0.5, 0.6) is 0 Å². The Morgan fingerprint density at radius 2 is 1.68 bits per heavy atom. The number of hydrogen-bond acceptors (Lipinski definition) is 3. The molecule has 0 aliphatic heterocycles. The van der Waals surface area contributed by atoms with Crippen molar-refractivity contribution in [2.24, 2.45) is 0 Å². The molecule has 2 amide bonds. The largest absolute Gasteiger partial charge is 0.322 e. The minimum atomic E-state index is -0.396. The maximum atomic E-state index is 13.7. The number of fused-ring (bicyclic) bond motifs is 1. The van der Waals surface area contributed by atoms with Crippen molar-refractivity contribution in [2.75, 3.05) is 11.9 Å². The summed E-state index contributed by atoms with van der Waals surface area (Å²) in [6.45, 7) is 8.39. The van der Waals surface area contributed by atoms with Gasteiger partial charge in [-0.1, -0.05) is 43.3 Å². The molecule has 34 heavy (non-hydrogen) atoms. The second-order valence-electron chi connectivity index (χ2n) is 8.48. The number of nitrogens with one attached hydrogen (secondary N) is 1. The van der Waals surface area contributed by atoms with Gasteiger partial charge in [-0.25, -0.2) is 9.78 Å². The highest BCUT2D eigenvalue weighted by molar-refractivity contribution is 5.89. The van der Waals surface area contributed by atoms with E-state index in [1.165, 1.54) is 0 Å². The highest BCUT2D eigenvalue weighted by Crippen LogP contribution is 2.27. The monoisotopic (exact) mass is 454 g/mol. The third kappa shape index (κ3) is 4.57. The van der Waals surface area contributed by atoms with Gasteiger partial charge in [0, 0.05) is 12.2 Å². The molecule has 6 nitrogen and oxygen atoms in total. The van der Waals surface area contributed by atoms with E-state index in [-0.39, 0.29) is 11.6 Å². The van der Waals surface area contributed by atoms with E-state index in [1.54, 1.807) is 15.5 Å². The summed E-state index contributed by atoms with van der Waals surface area (Å²) in [6.07, 6.45) is 0.603. The molecule has 1 N–H and O–H groups in total. The number of rotatable bonds is 6. The number of urea groups is 1. The summed E-state index contributed by atoms with van der Waals surface area (Å²) in [5, 5.41) is 3.56. The molecule has 1 heterocycles. The van der Waals surface area contributed by atoms with Gasteiger partial charge in [0.1, 0.15) is 5.82 Å². The van der Waals surface area contributed by atoms with Gasteiger partial charge < -0.3 is 10.2 Å². The van der Waals surface area contributed by atoms with E-state index >= 15 is 0 Å². The lowest BCUT2D eigenvalue weighted by atomic mass is 10.1. The second-order valence-corrected chi connectivity index (χ2v) is 8.48. The number of benzene rings is 3. The van der Waals surface area contributed by atoms with Crippen LogP contribution in [0.1, 0.15) is 43.3 Å². The normalized spacial score (nSPS) is 11.9. The fourth-order valence-corrected chi connectivity index (χ4v) is 4.36. The molecule has 0 fully saturated rings. The van der Waals surface area contributed by atoms with Crippen LogP contribution in [-0.4, -0.2) is 27.0 Å². The first-order valence-corrected chi connectivity index (χ1v) is 11.7. The molecule has 1 unspecified atom stereocenters. The van der Waals surface area contributed by atoms with Gasteiger partial charge in [-0.05, 0) is 74.7 Å². The van der Waals surface area contributed by atoms with Gasteiger partial charge >= 0.3 is 6.03 Å². The number of anilines is 1. The number of para-hydroxylation sites is 1. The molecule has 0 aliphatic carbocycles. The van der Waals surface area contributed by atoms with Gasteiger partial charge in [0.2, 0.25) is 0 Å². The molecule has 4 rings (SSSR count). The van der Waals surface area contributed by atoms with Crippen LogP contribution in [0.25, 0.3) is 16.6 Å². The predicted octanol–water partition coefficient (Wildman–Crippen LogP) is 6.01. The zero-order chi connectivity index (χ0) is 24.2. The van der Waals surface area contributed by atoms with Crippen LogP contribution in [0.4, 0.5) is 10.5 Å². The summed E-state index contributed by atoms with van der Waals surface area (Å²) in [6, 6.07) is 22.2. The Kier molecular flexibility index (Phi) is 6.77. The zero-order valence-electron chi connectivity index (χ0n) is 20.1. The lowest BCUT2D eigenvalue weighted by Crippen LogP contribution is -2.40. The fraction of sp³-hybridized carbons (Fsp3) is 0.250. The quantitative estimate of drug-likeness (QED) is 0.388. The van der Waals surface area contributed by atoms with Crippen LogP contribution in [0.3, 0.4) is 0 Å². The van der Waals surface area contributed by atoms with Crippen molar-refractivity contribution in [3.05, 3.63) is 100 Å². The molecule has 0 aliphatic rings. The first-order chi connectivity index (χ1) is 16.4. The van der Waals surface area contributed by atoms with E-state index < -0.39 is 6.04 Å². The molecule has 0 radical (unpaired) electrons. The van der Waals surface area contributed by atoms with Crippen LogP contribution < -0.4 is 10.9 Å². The van der Waals surface area contributed by atoms with Gasteiger partial charge in [0.25, 0.3) is 5.56 Å². The average molecular weight is 455 g/mol.